The summed E-state index contributed by atoms with van der Waals surface area (Å²) in [6, 6.07) is 16.5. The molecule has 0 bridgehead atoms. The van der Waals surface area contributed by atoms with Crippen LogP contribution in [0.1, 0.15) is 28.3 Å². The maximum Gasteiger partial charge on any atom is 0.289 e. The van der Waals surface area contributed by atoms with E-state index in [-0.39, 0.29) is 12.0 Å². The molecule has 1 aliphatic heterocycles. The highest BCUT2D eigenvalue weighted by Gasteiger charge is 2.29. The normalized spacial score (nSPS) is 16.0. The molecular weight excluding hydrogens is 368 g/mol. The summed E-state index contributed by atoms with van der Waals surface area (Å²) >= 11 is 5.82. The minimum atomic E-state index is -0.272. The van der Waals surface area contributed by atoms with Crippen LogP contribution < -0.4 is 0 Å². The van der Waals surface area contributed by atoms with Crippen molar-refractivity contribution < 1.29 is 18.5 Å². The molecule has 0 unspecified atom stereocenters. The van der Waals surface area contributed by atoms with Crippen LogP contribution in [-0.2, 0) is 11.4 Å². The molecule has 0 saturated carbocycles. The van der Waals surface area contributed by atoms with E-state index in [9.17, 15) is 4.79 Å². The third-order valence-electron chi connectivity index (χ3n) is 4.25. The Kier molecular flexibility index (Phi) is 4.98. The fraction of sp³-hybridized carbons (Fsp3) is 0.200. The number of rotatable bonds is 6. The predicted octanol–water partition coefficient (Wildman–Crippen LogP) is 4.36. The van der Waals surface area contributed by atoms with E-state index < -0.39 is 0 Å². The molecule has 2 aromatic heterocycles. The summed E-state index contributed by atoms with van der Waals surface area (Å²) in [6.07, 6.45) is 1.74. The zero-order valence-corrected chi connectivity index (χ0v) is 15.1. The molecule has 0 aliphatic carbocycles. The molecule has 1 aromatic carbocycles. The molecule has 6 nitrogen and oxygen atoms in total. The second-order valence-electron chi connectivity index (χ2n) is 6.22. The van der Waals surface area contributed by atoms with Crippen LogP contribution in [0.25, 0.3) is 0 Å². The number of carbonyl (C=O) groups excluding carboxylic acids is 1. The lowest BCUT2D eigenvalue weighted by molar-refractivity contribution is 0.0387. The van der Waals surface area contributed by atoms with Crippen LogP contribution in [0.3, 0.4) is 0 Å². The van der Waals surface area contributed by atoms with E-state index >= 15 is 0 Å². The van der Waals surface area contributed by atoms with Gasteiger partial charge in [0.05, 0.1) is 12.8 Å². The van der Waals surface area contributed by atoms with Gasteiger partial charge in [0.2, 0.25) is 0 Å². The van der Waals surface area contributed by atoms with Gasteiger partial charge in [0.1, 0.15) is 5.71 Å². The van der Waals surface area contributed by atoms with Crippen LogP contribution in [-0.4, -0.2) is 29.2 Å². The molecule has 1 atom stereocenters. The van der Waals surface area contributed by atoms with Crippen LogP contribution in [0.2, 0.25) is 5.22 Å². The fourth-order valence-corrected chi connectivity index (χ4v) is 3.11. The summed E-state index contributed by atoms with van der Waals surface area (Å²) in [4.78, 5) is 20.1. The molecule has 1 amide bonds. The van der Waals surface area contributed by atoms with E-state index in [4.69, 9.17) is 25.3 Å². The van der Waals surface area contributed by atoms with E-state index in [1.54, 1.807) is 29.2 Å². The van der Waals surface area contributed by atoms with E-state index in [2.05, 4.69) is 5.16 Å². The zero-order valence-electron chi connectivity index (χ0n) is 14.4. The first kappa shape index (κ1) is 17.4. The number of furan rings is 2. The predicted molar refractivity (Wildman–Crippen MR) is 99.6 cm³/mol. The zero-order chi connectivity index (χ0) is 18.6. The summed E-state index contributed by atoms with van der Waals surface area (Å²) in [5.74, 6) is 0.680. The van der Waals surface area contributed by atoms with Crippen molar-refractivity contribution in [1.82, 2.24) is 4.90 Å². The molecule has 7 heteroatoms. The van der Waals surface area contributed by atoms with Gasteiger partial charge >= 0.3 is 0 Å². The average Bonchev–Trinajstić information content (AvgIpc) is 3.43. The summed E-state index contributed by atoms with van der Waals surface area (Å²) in [5.41, 5.74) is 1.70. The molecule has 3 heterocycles. The minimum absolute atomic E-state index is 0.193. The highest BCUT2D eigenvalue weighted by Crippen LogP contribution is 2.22. The first-order valence-corrected chi connectivity index (χ1v) is 8.92. The quantitative estimate of drug-likeness (QED) is 0.633. The third-order valence-corrected chi connectivity index (χ3v) is 4.45. The molecule has 4 rings (SSSR count). The maximum atomic E-state index is 12.9. The standard InChI is InChI=1S/C20H17ClN2O4/c21-19-9-8-17(26-19)16-11-15(27-22-16)13-23(12-14-5-2-1-3-6-14)20(24)18-7-4-10-25-18/h1-10,15H,11-13H2/t15-/m0/s1. The SMILES string of the molecule is O=C(c1ccco1)N(Cc1ccccc1)C[C@@H]1CC(c2ccc(Cl)o2)=NO1. The van der Waals surface area contributed by atoms with Gasteiger partial charge in [0, 0.05) is 13.0 Å². The summed E-state index contributed by atoms with van der Waals surface area (Å²) in [5, 5.41) is 4.39. The lowest BCUT2D eigenvalue weighted by Crippen LogP contribution is -2.37. The summed E-state index contributed by atoms with van der Waals surface area (Å²) in [6.45, 7) is 0.817. The topological polar surface area (TPSA) is 68.2 Å². The third kappa shape index (κ3) is 4.06. The van der Waals surface area contributed by atoms with Crippen LogP contribution in [0.5, 0.6) is 0 Å². The second-order valence-corrected chi connectivity index (χ2v) is 6.59. The number of halogens is 1. The molecule has 0 spiro atoms. The van der Waals surface area contributed by atoms with Crippen molar-refractivity contribution in [1.29, 1.82) is 0 Å². The molecule has 0 N–H and O–H groups in total. The van der Waals surface area contributed by atoms with Crippen LogP contribution in [0, 0.1) is 0 Å². The van der Waals surface area contributed by atoms with Gasteiger partial charge in [-0.1, -0.05) is 35.5 Å². The van der Waals surface area contributed by atoms with Crippen molar-refractivity contribution in [3.63, 3.8) is 0 Å². The lowest BCUT2D eigenvalue weighted by atomic mass is 10.1. The number of hydrogen-bond acceptors (Lipinski definition) is 5. The van der Waals surface area contributed by atoms with Crippen molar-refractivity contribution >= 4 is 23.2 Å². The van der Waals surface area contributed by atoms with Gasteiger partial charge in [0.15, 0.2) is 22.8 Å². The first-order chi connectivity index (χ1) is 13.2. The number of hydrogen-bond donors (Lipinski definition) is 0. The maximum absolute atomic E-state index is 12.9. The number of amides is 1. The van der Waals surface area contributed by atoms with Crippen LogP contribution in [0.4, 0.5) is 0 Å². The average molecular weight is 385 g/mol. The Morgan fingerprint density at radius 2 is 2.00 bits per heavy atom. The molecule has 27 heavy (non-hydrogen) atoms. The Morgan fingerprint density at radius 3 is 2.70 bits per heavy atom. The lowest BCUT2D eigenvalue weighted by Gasteiger charge is -2.24. The smallest absolute Gasteiger partial charge is 0.289 e. The minimum Gasteiger partial charge on any atom is -0.459 e. The van der Waals surface area contributed by atoms with Crippen molar-refractivity contribution in [2.45, 2.75) is 19.1 Å². The highest BCUT2D eigenvalue weighted by atomic mass is 35.5. The van der Waals surface area contributed by atoms with Gasteiger partial charge in [-0.05, 0) is 41.4 Å². The van der Waals surface area contributed by atoms with Crippen molar-refractivity contribution in [3.8, 4) is 0 Å². The second kappa shape index (κ2) is 7.72. The fourth-order valence-electron chi connectivity index (χ4n) is 2.97. The first-order valence-electron chi connectivity index (χ1n) is 8.54. The molecule has 138 valence electrons. The van der Waals surface area contributed by atoms with E-state index in [1.165, 1.54) is 6.26 Å². The van der Waals surface area contributed by atoms with Gasteiger partial charge in [-0.2, -0.15) is 0 Å². The largest absolute Gasteiger partial charge is 0.459 e. The monoisotopic (exact) mass is 384 g/mol. The molecule has 0 radical (unpaired) electrons. The van der Waals surface area contributed by atoms with E-state index in [0.717, 1.165) is 5.56 Å². The van der Waals surface area contributed by atoms with Crippen molar-refractivity contribution in [2.75, 3.05) is 6.54 Å². The number of carbonyl (C=O) groups is 1. The molecule has 0 saturated heterocycles. The van der Waals surface area contributed by atoms with E-state index in [0.29, 0.717) is 42.0 Å². The van der Waals surface area contributed by atoms with Gasteiger partial charge in [0.25, 0.3) is 5.91 Å². The Hall–Kier alpha value is -2.99. The Labute approximate surface area is 161 Å². The van der Waals surface area contributed by atoms with Crippen molar-refractivity contribution in [3.05, 3.63) is 83.2 Å². The van der Waals surface area contributed by atoms with Crippen molar-refractivity contribution in [2.24, 2.45) is 5.16 Å². The van der Waals surface area contributed by atoms with E-state index in [1.807, 2.05) is 30.3 Å². The van der Waals surface area contributed by atoms with Gasteiger partial charge in [-0.3, -0.25) is 4.79 Å². The number of nitrogens with zero attached hydrogens (tertiary/aromatic N) is 2. The Bertz CT molecular complexity index is 934. The number of benzene rings is 1. The Balaban J connectivity index is 1.47. The molecule has 1 aliphatic rings. The summed E-state index contributed by atoms with van der Waals surface area (Å²) < 4.78 is 10.7. The van der Waals surface area contributed by atoms with Gasteiger partial charge in [-0.25, -0.2) is 0 Å². The van der Waals surface area contributed by atoms with Gasteiger partial charge in [-0.15, -0.1) is 0 Å². The number of oxime groups is 1. The van der Waals surface area contributed by atoms with Crippen LogP contribution in [0.15, 0.2) is 74.9 Å². The Morgan fingerprint density at radius 1 is 1.15 bits per heavy atom. The molecule has 0 fully saturated rings. The summed E-state index contributed by atoms with van der Waals surface area (Å²) in [7, 11) is 0. The molecule has 3 aromatic rings. The molecular formula is C20H17ClN2O4. The highest BCUT2D eigenvalue weighted by molar-refractivity contribution is 6.29. The van der Waals surface area contributed by atoms with Gasteiger partial charge < -0.3 is 18.6 Å². The van der Waals surface area contributed by atoms with Crippen LogP contribution >= 0.6 is 11.6 Å².